The monoisotopic (exact) mass is 203 g/mol. The Kier molecular flexibility index (Phi) is 2.45. The molecule has 5 heteroatoms. The van der Waals surface area contributed by atoms with Crippen molar-refractivity contribution in [2.45, 2.75) is 0 Å². The molecular formula is C10H6FN3O. The average Bonchev–Trinajstić information content (AvgIpc) is 2.30. The maximum Gasteiger partial charge on any atom is 0.217 e. The molecule has 2 aromatic rings. The van der Waals surface area contributed by atoms with Gasteiger partial charge in [-0.15, -0.1) is 0 Å². The Bertz CT molecular complexity index is 487. The maximum absolute atomic E-state index is 13.2. The molecule has 0 saturated carbocycles. The normalized spacial score (nSPS) is 9.93. The van der Waals surface area contributed by atoms with Gasteiger partial charge in [-0.05, 0) is 12.1 Å². The van der Waals surface area contributed by atoms with Gasteiger partial charge in [0.1, 0.15) is 12.0 Å². The Morgan fingerprint density at radius 2 is 2.00 bits per heavy atom. The zero-order valence-corrected chi connectivity index (χ0v) is 7.59. The molecule has 2 heterocycles. The van der Waals surface area contributed by atoms with Crippen molar-refractivity contribution in [3.63, 3.8) is 0 Å². The SMILES string of the molecule is O=C(c1cncnc1)c1ncccc1F. The van der Waals surface area contributed by atoms with E-state index >= 15 is 0 Å². The van der Waals surface area contributed by atoms with E-state index in [-0.39, 0.29) is 11.3 Å². The molecule has 0 aliphatic heterocycles. The minimum Gasteiger partial charge on any atom is -0.287 e. The zero-order valence-electron chi connectivity index (χ0n) is 7.59. The average molecular weight is 203 g/mol. The van der Waals surface area contributed by atoms with Crippen molar-refractivity contribution in [1.29, 1.82) is 0 Å². The van der Waals surface area contributed by atoms with Crippen LogP contribution in [-0.2, 0) is 0 Å². The van der Waals surface area contributed by atoms with E-state index in [0.29, 0.717) is 0 Å². The smallest absolute Gasteiger partial charge is 0.217 e. The number of pyridine rings is 1. The Balaban J connectivity index is 2.42. The van der Waals surface area contributed by atoms with E-state index in [2.05, 4.69) is 15.0 Å². The molecule has 74 valence electrons. The van der Waals surface area contributed by atoms with Crippen LogP contribution >= 0.6 is 0 Å². The lowest BCUT2D eigenvalue weighted by atomic mass is 10.1. The number of rotatable bonds is 2. The summed E-state index contributed by atoms with van der Waals surface area (Å²) in [6, 6.07) is 2.61. The van der Waals surface area contributed by atoms with E-state index < -0.39 is 11.6 Å². The Morgan fingerprint density at radius 3 is 2.67 bits per heavy atom. The number of ketones is 1. The topological polar surface area (TPSA) is 55.7 Å². The molecule has 0 saturated heterocycles. The minimum atomic E-state index is -0.647. The number of aromatic nitrogens is 3. The second-order valence-electron chi connectivity index (χ2n) is 2.79. The van der Waals surface area contributed by atoms with Gasteiger partial charge in [0.2, 0.25) is 5.78 Å². The Morgan fingerprint density at radius 1 is 1.27 bits per heavy atom. The summed E-state index contributed by atoms with van der Waals surface area (Å²) < 4.78 is 13.2. The first-order chi connectivity index (χ1) is 7.29. The lowest BCUT2D eigenvalue weighted by Crippen LogP contribution is -2.07. The van der Waals surface area contributed by atoms with Crippen LogP contribution in [0.5, 0.6) is 0 Å². The molecule has 0 aliphatic rings. The van der Waals surface area contributed by atoms with Crippen LogP contribution in [0.2, 0.25) is 0 Å². The maximum atomic E-state index is 13.2. The van der Waals surface area contributed by atoms with Crippen LogP contribution in [0.4, 0.5) is 4.39 Å². The molecule has 2 aromatic heterocycles. The third kappa shape index (κ3) is 1.85. The summed E-state index contributed by atoms with van der Waals surface area (Å²) in [6.07, 6.45) is 5.30. The largest absolute Gasteiger partial charge is 0.287 e. The summed E-state index contributed by atoms with van der Waals surface area (Å²) >= 11 is 0. The highest BCUT2D eigenvalue weighted by molar-refractivity contribution is 6.07. The lowest BCUT2D eigenvalue weighted by Gasteiger charge is -1.99. The first-order valence-corrected chi connectivity index (χ1v) is 4.19. The fraction of sp³-hybridized carbons (Fsp3) is 0. The van der Waals surface area contributed by atoms with Gasteiger partial charge in [-0.25, -0.2) is 19.3 Å². The second kappa shape index (κ2) is 3.91. The molecule has 0 spiro atoms. The second-order valence-corrected chi connectivity index (χ2v) is 2.79. The van der Waals surface area contributed by atoms with Crippen molar-refractivity contribution in [2.75, 3.05) is 0 Å². The number of halogens is 1. The molecule has 0 N–H and O–H groups in total. The molecule has 15 heavy (non-hydrogen) atoms. The Hall–Kier alpha value is -2.17. The Labute approximate surface area is 84.8 Å². The number of carbonyl (C=O) groups is 1. The standard InChI is InChI=1S/C10H6FN3O/c11-8-2-1-3-14-9(8)10(15)7-4-12-6-13-5-7/h1-6H. The highest BCUT2D eigenvalue weighted by Crippen LogP contribution is 2.08. The molecule has 0 amide bonds. The van der Waals surface area contributed by atoms with Gasteiger partial charge in [0, 0.05) is 18.6 Å². The summed E-state index contributed by atoms with van der Waals surface area (Å²) in [5.74, 6) is -1.17. The van der Waals surface area contributed by atoms with Gasteiger partial charge in [0.05, 0.1) is 5.56 Å². The quantitative estimate of drug-likeness (QED) is 0.689. The van der Waals surface area contributed by atoms with Crippen molar-refractivity contribution in [2.24, 2.45) is 0 Å². The van der Waals surface area contributed by atoms with Crippen LogP contribution < -0.4 is 0 Å². The molecule has 0 atom stereocenters. The third-order valence-electron chi connectivity index (χ3n) is 1.80. The summed E-state index contributed by atoms with van der Waals surface area (Å²) in [5, 5.41) is 0. The zero-order chi connectivity index (χ0) is 10.7. The summed E-state index contributed by atoms with van der Waals surface area (Å²) in [6.45, 7) is 0. The molecule has 0 aromatic carbocycles. The van der Waals surface area contributed by atoms with Gasteiger partial charge in [-0.1, -0.05) is 0 Å². The molecule has 0 radical (unpaired) electrons. The van der Waals surface area contributed by atoms with Gasteiger partial charge < -0.3 is 0 Å². The van der Waals surface area contributed by atoms with Gasteiger partial charge in [0.15, 0.2) is 5.82 Å². The van der Waals surface area contributed by atoms with E-state index in [0.717, 1.165) is 0 Å². The van der Waals surface area contributed by atoms with Crippen LogP contribution in [0.3, 0.4) is 0 Å². The molecule has 0 fully saturated rings. The van der Waals surface area contributed by atoms with E-state index in [9.17, 15) is 9.18 Å². The van der Waals surface area contributed by atoms with Crippen LogP contribution in [0.15, 0.2) is 37.1 Å². The van der Waals surface area contributed by atoms with Crippen LogP contribution in [-0.4, -0.2) is 20.7 Å². The van der Waals surface area contributed by atoms with Crippen LogP contribution in [0.1, 0.15) is 16.1 Å². The highest BCUT2D eigenvalue weighted by Gasteiger charge is 2.14. The summed E-state index contributed by atoms with van der Waals surface area (Å²) in [7, 11) is 0. The summed E-state index contributed by atoms with van der Waals surface area (Å²) in [4.78, 5) is 22.7. The van der Waals surface area contributed by atoms with E-state index in [1.165, 1.54) is 37.1 Å². The summed E-state index contributed by atoms with van der Waals surface area (Å²) in [5.41, 5.74) is 0.00222. The van der Waals surface area contributed by atoms with E-state index in [4.69, 9.17) is 0 Å². The van der Waals surface area contributed by atoms with Gasteiger partial charge in [-0.3, -0.25) is 4.79 Å². The molecule has 4 nitrogen and oxygen atoms in total. The first-order valence-electron chi connectivity index (χ1n) is 4.19. The fourth-order valence-corrected chi connectivity index (χ4v) is 1.11. The van der Waals surface area contributed by atoms with Crippen molar-refractivity contribution in [1.82, 2.24) is 15.0 Å². The van der Waals surface area contributed by atoms with Gasteiger partial charge in [0.25, 0.3) is 0 Å². The highest BCUT2D eigenvalue weighted by atomic mass is 19.1. The number of hydrogen-bond donors (Lipinski definition) is 0. The third-order valence-corrected chi connectivity index (χ3v) is 1.80. The van der Waals surface area contributed by atoms with Crippen LogP contribution in [0.25, 0.3) is 0 Å². The lowest BCUT2D eigenvalue weighted by molar-refractivity contribution is 0.102. The molecule has 0 unspecified atom stereocenters. The van der Waals surface area contributed by atoms with Crippen molar-refractivity contribution >= 4 is 5.78 Å². The number of carbonyl (C=O) groups excluding carboxylic acids is 1. The predicted octanol–water partition coefficient (Wildman–Crippen LogP) is 1.24. The first kappa shape index (κ1) is 9.39. The van der Waals surface area contributed by atoms with Crippen molar-refractivity contribution in [3.05, 3.63) is 54.1 Å². The number of nitrogens with zero attached hydrogens (tertiary/aromatic N) is 3. The van der Waals surface area contributed by atoms with Gasteiger partial charge >= 0.3 is 0 Å². The van der Waals surface area contributed by atoms with Crippen molar-refractivity contribution in [3.8, 4) is 0 Å². The van der Waals surface area contributed by atoms with E-state index in [1.807, 2.05) is 0 Å². The molecule has 0 bridgehead atoms. The minimum absolute atomic E-state index is 0.215. The van der Waals surface area contributed by atoms with Gasteiger partial charge in [-0.2, -0.15) is 0 Å². The van der Waals surface area contributed by atoms with Crippen molar-refractivity contribution < 1.29 is 9.18 Å². The molecule has 2 rings (SSSR count). The predicted molar refractivity (Wildman–Crippen MR) is 49.7 cm³/mol. The van der Waals surface area contributed by atoms with Crippen LogP contribution in [0, 0.1) is 5.82 Å². The van der Waals surface area contributed by atoms with E-state index in [1.54, 1.807) is 0 Å². The molecule has 0 aliphatic carbocycles. The molecular weight excluding hydrogens is 197 g/mol. The number of hydrogen-bond acceptors (Lipinski definition) is 4. The fourth-order valence-electron chi connectivity index (χ4n) is 1.11.